The Morgan fingerprint density at radius 2 is 2.44 bits per heavy atom. The van der Waals surface area contributed by atoms with Gasteiger partial charge in [0.15, 0.2) is 5.96 Å². The summed E-state index contributed by atoms with van der Waals surface area (Å²) in [6.07, 6.45) is 1.90. The van der Waals surface area contributed by atoms with E-state index in [1.54, 1.807) is 10.9 Å². The second kappa shape index (κ2) is 6.88. The monoisotopic (exact) mass is 366 g/mol. The highest BCUT2D eigenvalue weighted by Crippen LogP contribution is 2.04. The molecule has 7 nitrogen and oxygen atoms in total. The van der Waals surface area contributed by atoms with Crippen LogP contribution in [0.4, 0.5) is 0 Å². The van der Waals surface area contributed by atoms with Gasteiger partial charge in [0.2, 0.25) is 0 Å². The summed E-state index contributed by atoms with van der Waals surface area (Å²) < 4.78 is 7.14. The molecular formula is C10H19IN6O. The van der Waals surface area contributed by atoms with Gasteiger partial charge in [0.25, 0.3) is 0 Å². The molecule has 2 heterocycles. The Hall–Kier alpha value is -0.900. The van der Waals surface area contributed by atoms with Crippen LogP contribution in [-0.4, -0.2) is 51.7 Å². The quantitative estimate of drug-likeness (QED) is 0.452. The predicted octanol–water partition coefficient (Wildman–Crippen LogP) is -0.0315. The Labute approximate surface area is 123 Å². The van der Waals surface area contributed by atoms with Crippen molar-refractivity contribution in [1.29, 1.82) is 0 Å². The molecule has 1 aliphatic rings. The molecule has 2 N–H and O–H groups in total. The number of aromatic nitrogens is 3. The summed E-state index contributed by atoms with van der Waals surface area (Å²) in [5, 5.41) is 7.64. The smallest absolute Gasteiger partial charge is 0.191 e. The van der Waals surface area contributed by atoms with Crippen LogP contribution in [0.5, 0.6) is 0 Å². The molecule has 0 saturated carbocycles. The van der Waals surface area contributed by atoms with Crippen molar-refractivity contribution in [2.24, 2.45) is 17.8 Å². The first-order valence-corrected chi connectivity index (χ1v) is 5.67. The van der Waals surface area contributed by atoms with Crippen molar-refractivity contribution >= 4 is 29.9 Å². The molecule has 0 aliphatic carbocycles. The standard InChI is InChI=1S/C10H18N6O.HI/c1-8-7-16(3-4-17-8)10(11)12-5-9-6-13-14-15(9)2;/h6,8H,3-5,7H2,1-2H3,(H2,11,12);1H. The zero-order chi connectivity index (χ0) is 12.3. The van der Waals surface area contributed by atoms with E-state index in [9.17, 15) is 0 Å². The zero-order valence-electron chi connectivity index (χ0n) is 10.6. The van der Waals surface area contributed by atoms with Gasteiger partial charge in [-0.2, -0.15) is 0 Å². The van der Waals surface area contributed by atoms with Gasteiger partial charge in [-0.1, -0.05) is 5.21 Å². The fraction of sp³-hybridized carbons (Fsp3) is 0.700. The molecule has 1 fully saturated rings. The third kappa shape index (κ3) is 3.80. The highest BCUT2D eigenvalue weighted by atomic mass is 127. The Kier molecular flexibility index (Phi) is 5.79. The van der Waals surface area contributed by atoms with Crippen LogP contribution in [-0.2, 0) is 18.3 Å². The molecule has 1 unspecified atom stereocenters. The summed E-state index contributed by atoms with van der Waals surface area (Å²) in [4.78, 5) is 6.39. The third-order valence-corrected chi connectivity index (χ3v) is 2.78. The highest BCUT2D eigenvalue weighted by Gasteiger charge is 2.17. The molecule has 1 saturated heterocycles. The summed E-state index contributed by atoms with van der Waals surface area (Å²) >= 11 is 0. The second-order valence-corrected chi connectivity index (χ2v) is 4.15. The fourth-order valence-corrected chi connectivity index (χ4v) is 1.74. The normalized spacial score (nSPS) is 20.7. The number of guanidine groups is 1. The van der Waals surface area contributed by atoms with Gasteiger partial charge in [-0.3, -0.25) is 4.68 Å². The van der Waals surface area contributed by atoms with E-state index in [1.807, 2.05) is 18.9 Å². The van der Waals surface area contributed by atoms with Gasteiger partial charge in [-0.15, -0.1) is 29.1 Å². The van der Waals surface area contributed by atoms with E-state index >= 15 is 0 Å². The van der Waals surface area contributed by atoms with E-state index in [1.165, 1.54) is 0 Å². The van der Waals surface area contributed by atoms with Gasteiger partial charge in [0, 0.05) is 20.1 Å². The maximum Gasteiger partial charge on any atom is 0.191 e. The van der Waals surface area contributed by atoms with Crippen molar-refractivity contribution in [3.05, 3.63) is 11.9 Å². The van der Waals surface area contributed by atoms with Crippen molar-refractivity contribution in [2.75, 3.05) is 19.7 Å². The van der Waals surface area contributed by atoms with Gasteiger partial charge in [0.1, 0.15) is 0 Å². The van der Waals surface area contributed by atoms with Gasteiger partial charge in [-0.05, 0) is 6.92 Å². The molecule has 0 spiro atoms. The van der Waals surface area contributed by atoms with Gasteiger partial charge in [0.05, 0.1) is 31.1 Å². The largest absolute Gasteiger partial charge is 0.375 e. The third-order valence-electron chi connectivity index (χ3n) is 2.78. The molecule has 102 valence electrons. The van der Waals surface area contributed by atoms with Crippen LogP contribution in [0.25, 0.3) is 0 Å². The minimum atomic E-state index is 0. The summed E-state index contributed by atoms with van der Waals surface area (Å²) in [6, 6.07) is 0. The predicted molar refractivity (Wildman–Crippen MR) is 78.7 cm³/mol. The number of nitrogens with two attached hydrogens (primary N) is 1. The van der Waals surface area contributed by atoms with E-state index < -0.39 is 0 Å². The summed E-state index contributed by atoms with van der Waals surface area (Å²) in [5.41, 5.74) is 6.89. The summed E-state index contributed by atoms with van der Waals surface area (Å²) in [6.45, 7) is 4.82. The van der Waals surface area contributed by atoms with Crippen LogP contribution in [0.2, 0.25) is 0 Å². The highest BCUT2D eigenvalue weighted by molar-refractivity contribution is 14.0. The van der Waals surface area contributed by atoms with Crippen LogP contribution in [0, 0.1) is 0 Å². The number of ether oxygens (including phenoxy) is 1. The SMILES string of the molecule is CC1CN(C(N)=NCc2cnnn2C)CCO1.I. The molecule has 0 radical (unpaired) electrons. The lowest BCUT2D eigenvalue weighted by Crippen LogP contribution is -2.47. The molecule has 2 rings (SSSR count). The average Bonchev–Trinajstić information content (AvgIpc) is 2.72. The number of nitrogens with zero attached hydrogens (tertiary/aromatic N) is 5. The van der Waals surface area contributed by atoms with E-state index in [-0.39, 0.29) is 30.1 Å². The number of morpholine rings is 1. The Bertz CT molecular complexity index is 407. The Balaban J connectivity index is 0.00000162. The molecule has 1 atom stereocenters. The van der Waals surface area contributed by atoms with Crippen LogP contribution in [0.3, 0.4) is 0 Å². The van der Waals surface area contributed by atoms with Crippen molar-refractivity contribution in [3.8, 4) is 0 Å². The molecule has 1 aromatic rings. The first-order chi connectivity index (χ1) is 8.16. The first-order valence-electron chi connectivity index (χ1n) is 5.67. The van der Waals surface area contributed by atoms with Gasteiger partial charge >= 0.3 is 0 Å². The topological polar surface area (TPSA) is 81.6 Å². The number of hydrogen-bond donors (Lipinski definition) is 1. The molecule has 0 bridgehead atoms. The van der Waals surface area contributed by atoms with Crippen LogP contribution in [0.1, 0.15) is 12.6 Å². The average molecular weight is 366 g/mol. The minimum Gasteiger partial charge on any atom is -0.375 e. The maximum absolute atomic E-state index is 5.95. The Morgan fingerprint density at radius 3 is 3.06 bits per heavy atom. The number of aryl methyl sites for hydroxylation is 1. The van der Waals surface area contributed by atoms with Gasteiger partial charge < -0.3 is 15.4 Å². The lowest BCUT2D eigenvalue weighted by Gasteiger charge is -2.31. The van der Waals surface area contributed by atoms with Crippen molar-refractivity contribution in [2.45, 2.75) is 19.6 Å². The molecular weight excluding hydrogens is 347 g/mol. The molecule has 8 heteroatoms. The molecule has 18 heavy (non-hydrogen) atoms. The second-order valence-electron chi connectivity index (χ2n) is 4.15. The number of halogens is 1. The first kappa shape index (κ1) is 15.2. The molecule has 1 aromatic heterocycles. The van der Waals surface area contributed by atoms with E-state index in [0.717, 1.165) is 18.8 Å². The number of rotatable bonds is 2. The van der Waals surface area contributed by atoms with E-state index in [4.69, 9.17) is 10.5 Å². The van der Waals surface area contributed by atoms with Crippen molar-refractivity contribution in [1.82, 2.24) is 19.9 Å². The Morgan fingerprint density at radius 1 is 1.67 bits per heavy atom. The maximum atomic E-state index is 5.95. The number of hydrogen-bond acceptors (Lipinski definition) is 4. The van der Waals surface area contributed by atoms with Crippen LogP contribution >= 0.6 is 24.0 Å². The number of aliphatic imine (C=N–C) groups is 1. The van der Waals surface area contributed by atoms with E-state index in [0.29, 0.717) is 19.1 Å². The molecule has 0 aromatic carbocycles. The summed E-state index contributed by atoms with van der Waals surface area (Å²) in [5.74, 6) is 0.557. The van der Waals surface area contributed by atoms with Gasteiger partial charge in [-0.25, -0.2) is 4.99 Å². The molecule has 0 amide bonds. The summed E-state index contributed by atoms with van der Waals surface area (Å²) in [7, 11) is 1.84. The molecule has 1 aliphatic heterocycles. The van der Waals surface area contributed by atoms with E-state index in [2.05, 4.69) is 15.3 Å². The van der Waals surface area contributed by atoms with Crippen molar-refractivity contribution in [3.63, 3.8) is 0 Å². The fourth-order valence-electron chi connectivity index (χ4n) is 1.74. The zero-order valence-corrected chi connectivity index (χ0v) is 12.9. The minimum absolute atomic E-state index is 0. The van der Waals surface area contributed by atoms with Crippen molar-refractivity contribution < 1.29 is 4.74 Å². The van der Waals surface area contributed by atoms with Crippen LogP contribution in [0.15, 0.2) is 11.2 Å². The lowest BCUT2D eigenvalue weighted by molar-refractivity contribution is 0.00528. The lowest BCUT2D eigenvalue weighted by atomic mass is 10.3. The van der Waals surface area contributed by atoms with Crippen LogP contribution < -0.4 is 5.73 Å².